The van der Waals surface area contributed by atoms with Gasteiger partial charge in [-0.15, -0.1) is 0 Å². The van der Waals surface area contributed by atoms with Gasteiger partial charge in [0.25, 0.3) is 17.2 Å². The zero-order valence-electron chi connectivity index (χ0n) is 27.0. The minimum atomic E-state index is -4.55. The maximum atomic E-state index is 13.5. The highest BCUT2D eigenvalue weighted by Crippen LogP contribution is 2.32. The van der Waals surface area contributed by atoms with Crippen molar-refractivity contribution in [1.82, 2.24) is 5.01 Å². The van der Waals surface area contributed by atoms with Gasteiger partial charge in [-0.25, -0.2) is 10.6 Å². The van der Waals surface area contributed by atoms with Crippen molar-refractivity contribution in [2.45, 2.75) is 19.5 Å². The molecule has 0 heterocycles. The molecule has 0 bridgehead atoms. The number of nitrogens with zero attached hydrogens (tertiary/aromatic N) is 1. The van der Waals surface area contributed by atoms with Crippen LogP contribution in [0, 0.1) is 5.41 Å². The smallest absolute Gasteiger partial charge is 0.416 e. The number of nitrogens with two attached hydrogens (primary N) is 2. The number of anilines is 1. The predicted molar refractivity (Wildman–Crippen MR) is 168 cm³/mol. The van der Waals surface area contributed by atoms with Crippen LogP contribution in [0.25, 0.3) is 11.1 Å². The van der Waals surface area contributed by atoms with E-state index in [1.54, 1.807) is 18.2 Å². The number of esters is 4. The number of halogens is 3. The van der Waals surface area contributed by atoms with Crippen LogP contribution in [0.2, 0.25) is 0 Å². The Kier molecular flexibility index (Phi) is 12.8. The first kappa shape index (κ1) is 38.6. The number of benzene rings is 3. The van der Waals surface area contributed by atoms with Crippen LogP contribution in [0.5, 0.6) is 0 Å². The minimum Gasteiger partial charge on any atom is -0.468 e. The van der Waals surface area contributed by atoms with E-state index >= 15 is 0 Å². The standard InChI is InChI=1S/C33H33F3N4O10/c1-4-48-30(45)32(29(44)47-3,31(46)50-18-37)17-49-26(41)16-19-9-14-25(24(15-19)28(43)40(2)38)39-27(42)23-8-6-5-7-22(23)20-10-12-21(13-11-20)33(34,35)36/h5-15H,4,16-18,37-38H2,1-3H3,(H,39,42). The maximum Gasteiger partial charge on any atom is 0.416 e. The molecule has 3 aromatic carbocycles. The zero-order valence-corrected chi connectivity index (χ0v) is 27.0. The molecule has 0 radical (unpaired) electrons. The molecule has 0 saturated heterocycles. The van der Waals surface area contributed by atoms with E-state index in [-0.39, 0.29) is 29.0 Å². The van der Waals surface area contributed by atoms with E-state index in [4.69, 9.17) is 21.1 Å². The van der Waals surface area contributed by atoms with E-state index in [1.807, 2.05) is 0 Å². The Labute approximate surface area is 283 Å². The largest absolute Gasteiger partial charge is 0.468 e. The summed E-state index contributed by atoms with van der Waals surface area (Å²) in [5.74, 6) is -1.21. The molecular weight excluding hydrogens is 669 g/mol. The van der Waals surface area contributed by atoms with Crippen LogP contribution in [0.15, 0.2) is 66.7 Å². The van der Waals surface area contributed by atoms with Crippen molar-refractivity contribution >= 4 is 41.4 Å². The molecule has 0 aliphatic heterocycles. The highest BCUT2D eigenvalue weighted by atomic mass is 19.4. The number of amides is 2. The van der Waals surface area contributed by atoms with E-state index in [1.165, 1.54) is 50.4 Å². The van der Waals surface area contributed by atoms with E-state index < -0.39 is 72.6 Å². The summed E-state index contributed by atoms with van der Waals surface area (Å²) < 4.78 is 58.5. The molecule has 1 atom stereocenters. The number of alkyl halides is 3. The number of ether oxygens (including phenoxy) is 4. The van der Waals surface area contributed by atoms with Crippen molar-refractivity contribution in [3.8, 4) is 11.1 Å². The van der Waals surface area contributed by atoms with E-state index in [0.717, 1.165) is 24.3 Å². The van der Waals surface area contributed by atoms with Gasteiger partial charge in [-0.1, -0.05) is 36.4 Å². The van der Waals surface area contributed by atoms with Crippen LogP contribution in [0.4, 0.5) is 18.9 Å². The Balaban J connectivity index is 1.89. The third-order valence-electron chi connectivity index (χ3n) is 7.10. The number of hydrogen-bond donors (Lipinski definition) is 3. The number of carbonyl (C=O) groups is 6. The van der Waals surface area contributed by atoms with Gasteiger partial charge >= 0.3 is 30.1 Å². The molecule has 50 heavy (non-hydrogen) atoms. The first-order chi connectivity index (χ1) is 23.6. The minimum absolute atomic E-state index is 0.0341. The van der Waals surface area contributed by atoms with Gasteiger partial charge < -0.3 is 24.3 Å². The second-order valence-electron chi connectivity index (χ2n) is 10.4. The van der Waals surface area contributed by atoms with Gasteiger partial charge in [0.15, 0.2) is 0 Å². The molecule has 2 amide bonds. The normalized spacial score (nSPS) is 12.2. The lowest BCUT2D eigenvalue weighted by Gasteiger charge is -2.25. The van der Waals surface area contributed by atoms with Crippen molar-refractivity contribution in [2.75, 3.05) is 39.4 Å². The summed E-state index contributed by atoms with van der Waals surface area (Å²) >= 11 is 0. The van der Waals surface area contributed by atoms with Crippen molar-refractivity contribution in [3.63, 3.8) is 0 Å². The van der Waals surface area contributed by atoms with E-state index in [0.29, 0.717) is 11.1 Å². The number of hydrazine groups is 1. The Morgan fingerprint density at radius 2 is 1.48 bits per heavy atom. The summed E-state index contributed by atoms with van der Waals surface area (Å²) in [6.45, 7) is -0.736. The van der Waals surface area contributed by atoms with Crippen molar-refractivity contribution in [1.29, 1.82) is 0 Å². The van der Waals surface area contributed by atoms with Crippen LogP contribution < -0.4 is 16.9 Å². The number of rotatable bonds is 13. The lowest BCUT2D eigenvalue weighted by atomic mass is 9.89. The van der Waals surface area contributed by atoms with Gasteiger partial charge in [0.05, 0.1) is 37.0 Å². The highest BCUT2D eigenvalue weighted by molar-refractivity contribution is 6.18. The number of carbonyl (C=O) groups excluding carboxylic acids is 6. The number of nitrogens with one attached hydrogen (secondary N) is 1. The lowest BCUT2D eigenvalue weighted by molar-refractivity contribution is -0.188. The fourth-order valence-corrected chi connectivity index (χ4v) is 4.60. The second-order valence-corrected chi connectivity index (χ2v) is 10.4. The third-order valence-corrected chi connectivity index (χ3v) is 7.10. The van der Waals surface area contributed by atoms with Gasteiger partial charge in [-0.05, 0) is 53.9 Å². The molecule has 0 aromatic heterocycles. The van der Waals surface area contributed by atoms with Gasteiger partial charge in [0, 0.05) is 12.6 Å². The van der Waals surface area contributed by atoms with Crippen molar-refractivity contribution in [3.05, 3.63) is 89.0 Å². The maximum absolute atomic E-state index is 13.5. The van der Waals surface area contributed by atoms with Crippen LogP contribution >= 0.6 is 0 Å². The fraction of sp³-hybridized carbons (Fsp3) is 0.273. The van der Waals surface area contributed by atoms with E-state index in [9.17, 15) is 41.9 Å². The monoisotopic (exact) mass is 702 g/mol. The molecule has 0 saturated carbocycles. The third kappa shape index (κ3) is 8.80. The number of hydrogen-bond acceptors (Lipinski definition) is 12. The Morgan fingerprint density at radius 1 is 0.840 bits per heavy atom. The summed E-state index contributed by atoms with van der Waals surface area (Å²) in [7, 11) is 2.12. The number of methoxy groups -OCH3 is 1. The summed E-state index contributed by atoms with van der Waals surface area (Å²) in [5, 5.41) is 3.32. The van der Waals surface area contributed by atoms with Crippen LogP contribution in [-0.4, -0.2) is 74.8 Å². The van der Waals surface area contributed by atoms with Crippen molar-refractivity contribution < 1.29 is 60.9 Å². The van der Waals surface area contributed by atoms with Crippen LogP contribution in [-0.2, 0) is 50.7 Å². The molecule has 17 heteroatoms. The summed E-state index contributed by atoms with van der Waals surface area (Å²) in [5.41, 5.74) is 2.18. The molecule has 5 N–H and O–H groups in total. The Bertz CT molecular complexity index is 1740. The Morgan fingerprint density at radius 3 is 2.06 bits per heavy atom. The SMILES string of the molecule is CCOC(=O)C(COC(=O)Cc1ccc(NC(=O)c2ccccc2-c2ccc(C(F)(F)F)cc2)c(C(=O)N(C)N)c1)(C(=O)OC)C(=O)OCN. The average Bonchev–Trinajstić information content (AvgIpc) is 3.08. The molecule has 14 nitrogen and oxygen atoms in total. The topological polar surface area (TPSA) is 207 Å². The molecule has 3 aromatic rings. The summed E-state index contributed by atoms with van der Waals surface area (Å²) in [6, 6.07) is 14.2. The molecule has 3 rings (SSSR count). The molecule has 0 aliphatic rings. The van der Waals surface area contributed by atoms with Crippen molar-refractivity contribution in [2.24, 2.45) is 17.0 Å². The quantitative estimate of drug-likeness (QED) is 0.0447. The average molecular weight is 703 g/mol. The van der Waals surface area contributed by atoms with Gasteiger partial charge in [0.1, 0.15) is 13.3 Å². The molecule has 0 aliphatic carbocycles. The Hall–Kier alpha value is -5.81. The van der Waals surface area contributed by atoms with E-state index in [2.05, 4.69) is 14.8 Å². The van der Waals surface area contributed by atoms with Crippen LogP contribution in [0.3, 0.4) is 0 Å². The lowest BCUT2D eigenvalue weighted by Crippen LogP contribution is -2.53. The zero-order chi connectivity index (χ0) is 37.2. The molecule has 0 spiro atoms. The predicted octanol–water partition coefficient (Wildman–Crippen LogP) is 2.84. The summed E-state index contributed by atoms with van der Waals surface area (Å²) in [6.07, 6.45) is -5.11. The first-order valence-electron chi connectivity index (χ1n) is 14.6. The van der Waals surface area contributed by atoms with Crippen LogP contribution in [0.1, 0.15) is 38.8 Å². The highest BCUT2D eigenvalue weighted by Gasteiger charge is 2.59. The molecular formula is C33H33F3N4O10. The van der Waals surface area contributed by atoms with Gasteiger partial charge in [-0.3, -0.25) is 34.7 Å². The second kappa shape index (κ2) is 16.5. The molecule has 1 unspecified atom stereocenters. The molecule has 0 fully saturated rings. The first-order valence-corrected chi connectivity index (χ1v) is 14.6. The summed E-state index contributed by atoms with van der Waals surface area (Å²) in [4.78, 5) is 77.4. The van der Waals surface area contributed by atoms with Gasteiger partial charge in [-0.2, -0.15) is 13.2 Å². The van der Waals surface area contributed by atoms with Gasteiger partial charge in [0.2, 0.25) is 0 Å². The molecule has 266 valence electrons. The fourth-order valence-electron chi connectivity index (χ4n) is 4.60.